The summed E-state index contributed by atoms with van der Waals surface area (Å²) in [5.74, 6) is 2.11. The molecule has 2 unspecified atom stereocenters. The number of hydrogen-bond donors (Lipinski definition) is 1. The fraction of sp³-hybridized carbons (Fsp3) is 0.286. The minimum Gasteiger partial charge on any atom is -0.487 e. The molecule has 2 aromatic rings. The van der Waals surface area contributed by atoms with E-state index in [-0.39, 0.29) is 18.1 Å². The molecule has 1 N–H and O–H groups in total. The van der Waals surface area contributed by atoms with Crippen LogP contribution in [0, 0.1) is 0 Å². The zero-order chi connectivity index (χ0) is 18.9. The highest BCUT2D eigenvalue weighted by atomic mass is 79.9. The summed E-state index contributed by atoms with van der Waals surface area (Å²) in [7, 11) is 0. The number of rotatable bonds is 8. The second-order valence-electron chi connectivity index (χ2n) is 6.03. The van der Waals surface area contributed by atoms with Gasteiger partial charge in [0.1, 0.15) is 23.4 Å². The van der Waals surface area contributed by atoms with E-state index in [2.05, 4.69) is 21.2 Å². The smallest absolute Gasteiger partial charge is 0.243 e. The highest BCUT2D eigenvalue weighted by Gasteiger charge is 2.05. The quantitative estimate of drug-likeness (QED) is 0.578. The van der Waals surface area contributed by atoms with E-state index in [0.29, 0.717) is 5.75 Å². The first-order valence-corrected chi connectivity index (χ1v) is 9.44. The van der Waals surface area contributed by atoms with Crippen LogP contribution in [-0.2, 0) is 4.79 Å². The van der Waals surface area contributed by atoms with Crippen LogP contribution in [0.25, 0.3) is 0 Å². The fourth-order valence-corrected chi connectivity index (χ4v) is 2.36. The zero-order valence-electron chi connectivity index (χ0n) is 15.2. The number of ether oxygens (including phenoxy) is 2. The maximum Gasteiger partial charge on any atom is 0.243 e. The van der Waals surface area contributed by atoms with Crippen LogP contribution in [-0.4, -0.2) is 18.1 Å². The van der Waals surface area contributed by atoms with E-state index >= 15 is 0 Å². The van der Waals surface area contributed by atoms with Gasteiger partial charge < -0.3 is 14.8 Å². The Bertz CT molecular complexity index is 726. The third-order valence-corrected chi connectivity index (χ3v) is 4.24. The molecule has 0 heterocycles. The van der Waals surface area contributed by atoms with Crippen molar-refractivity contribution in [2.45, 2.75) is 39.3 Å². The average molecular weight is 418 g/mol. The van der Waals surface area contributed by atoms with E-state index in [1.165, 1.54) is 6.08 Å². The van der Waals surface area contributed by atoms with Crippen LogP contribution >= 0.6 is 15.9 Å². The van der Waals surface area contributed by atoms with Gasteiger partial charge in [-0.15, -0.1) is 0 Å². The van der Waals surface area contributed by atoms with Gasteiger partial charge in [-0.1, -0.05) is 22.9 Å². The van der Waals surface area contributed by atoms with Crippen molar-refractivity contribution in [1.82, 2.24) is 5.32 Å². The molecule has 4 nitrogen and oxygen atoms in total. The molecule has 0 aliphatic heterocycles. The summed E-state index contributed by atoms with van der Waals surface area (Å²) in [5.41, 5.74) is 0. The largest absolute Gasteiger partial charge is 0.487 e. The molecule has 2 rings (SSSR count). The first kappa shape index (κ1) is 20.0. The Hall–Kier alpha value is -2.27. The molecule has 0 bridgehead atoms. The van der Waals surface area contributed by atoms with Gasteiger partial charge in [0.25, 0.3) is 0 Å². The molecule has 0 radical (unpaired) electrons. The molecular formula is C21H24BrNO3. The Morgan fingerprint density at radius 1 is 1.04 bits per heavy atom. The topological polar surface area (TPSA) is 47.6 Å². The average Bonchev–Trinajstić information content (AvgIpc) is 2.63. The molecule has 0 saturated carbocycles. The molecular weight excluding hydrogens is 394 g/mol. The van der Waals surface area contributed by atoms with Crippen LogP contribution in [0.15, 0.2) is 65.2 Å². The molecule has 0 fully saturated rings. The molecule has 2 aromatic carbocycles. The lowest BCUT2D eigenvalue weighted by atomic mass is 10.2. The molecule has 5 heteroatoms. The predicted octanol–water partition coefficient (Wildman–Crippen LogP) is 5.48. The fourth-order valence-electron chi connectivity index (χ4n) is 2.09. The van der Waals surface area contributed by atoms with E-state index in [1.807, 2.05) is 69.3 Å². The van der Waals surface area contributed by atoms with Crippen molar-refractivity contribution in [1.29, 1.82) is 0 Å². The minimum absolute atomic E-state index is 0.104. The van der Waals surface area contributed by atoms with E-state index in [1.54, 1.807) is 6.08 Å². The van der Waals surface area contributed by atoms with Crippen molar-refractivity contribution >= 4 is 21.8 Å². The Kier molecular flexibility index (Phi) is 7.73. The molecule has 0 saturated heterocycles. The number of carbonyl (C=O) groups excluding carboxylic acids is 1. The minimum atomic E-state index is -0.212. The molecule has 138 valence electrons. The van der Waals surface area contributed by atoms with Crippen molar-refractivity contribution in [2.75, 3.05) is 0 Å². The number of hydrogen-bond acceptors (Lipinski definition) is 3. The van der Waals surface area contributed by atoms with Gasteiger partial charge >= 0.3 is 0 Å². The SMILES string of the molecule is CCC(C)NC(=O)C=CC(C)Oc1ccc(Oc2ccc(Br)cc2)cc1. The summed E-state index contributed by atoms with van der Waals surface area (Å²) in [4.78, 5) is 11.7. The molecule has 0 aromatic heterocycles. The van der Waals surface area contributed by atoms with Gasteiger partial charge in [-0.3, -0.25) is 4.79 Å². The van der Waals surface area contributed by atoms with Crippen molar-refractivity contribution in [2.24, 2.45) is 0 Å². The summed E-state index contributed by atoms with van der Waals surface area (Å²) < 4.78 is 12.6. The predicted molar refractivity (Wildman–Crippen MR) is 108 cm³/mol. The lowest BCUT2D eigenvalue weighted by Crippen LogP contribution is -2.30. The zero-order valence-corrected chi connectivity index (χ0v) is 16.8. The maximum atomic E-state index is 11.7. The molecule has 2 atom stereocenters. The summed E-state index contributed by atoms with van der Waals surface area (Å²) in [6, 6.07) is 15.2. The summed E-state index contributed by atoms with van der Waals surface area (Å²) in [5, 5.41) is 2.88. The highest BCUT2D eigenvalue weighted by molar-refractivity contribution is 9.10. The monoisotopic (exact) mass is 417 g/mol. The summed E-state index contributed by atoms with van der Waals surface area (Å²) in [6.45, 7) is 5.90. The van der Waals surface area contributed by atoms with Crippen molar-refractivity contribution in [3.8, 4) is 17.2 Å². The maximum absolute atomic E-state index is 11.7. The van der Waals surface area contributed by atoms with E-state index < -0.39 is 0 Å². The van der Waals surface area contributed by atoms with Gasteiger partial charge in [-0.25, -0.2) is 0 Å². The number of amides is 1. The van der Waals surface area contributed by atoms with Gasteiger partial charge in [0.2, 0.25) is 5.91 Å². The molecule has 0 spiro atoms. The van der Waals surface area contributed by atoms with E-state index in [0.717, 1.165) is 22.4 Å². The number of benzene rings is 2. The van der Waals surface area contributed by atoms with Crippen LogP contribution < -0.4 is 14.8 Å². The molecule has 26 heavy (non-hydrogen) atoms. The lowest BCUT2D eigenvalue weighted by molar-refractivity contribution is -0.117. The van der Waals surface area contributed by atoms with Crippen LogP contribution in [0.5, 0.6) is 17.2 Å². The Balaban J connectivity index is 1.86. The third kappa shape index (κ3) is 6.92. The van der Waals surface area contributed by atoms with Gasteiger partial charge in [-0.05, 0) is 74.9 Å². The van der Waals surface area contributed by atoms with Crippen molar-refractivity contribution in [3.05, 3.63) is 65.2 Å². The van der Waals surface area contributed by atoms with Gasteiger partial charge in [0.05, 0.1) is 0 Å². The van der Waals surface area contributed by atoms with Gasteiger partial charge in [0.15, 0.2) is 0 Å². The first-order valence-electron chi connectivity index (χ1n) is 8.65. The van der Waals surface area contributed by atoms with Crippen LogP contribution in [0.2, 0.25) is 0 Å². The lowest BCUT2D eigenvalue weighted by Gasteiger charge is -2.12. The number of carbonyl (C=O) groups is 1. The van der Waals surface area contributed by atoms with E-state index in [9.17, 15) is 4.79 Å². The third-order valence-electron chi connectivity index (χ3n) is 3.71. The second kappa shape index (κ2) is 10.0. The number of halogens is 1. The summed E-state index contributed by atoms with van der Waals surface area (Å²) >= 11 is 3.40. The van der Waals surface area contributed by atoms with Crippen molar-refractivity contribution in [3.63, 3.8) is 0 Å². The van der Waals surface area contributed by atoms with Gasteiger partial charge in [0, 0.05) is 16.6 Å². The van der Waals surface area contributed by atoms with Crippen LogP contribution in [0.4, 0.5) is 0 Å². The Labute approximate surface area is 163 Å². The normalized spacial score (nSPS) is 13.2. The number of nitrogens with one attached hydrogen (secondary N) is 1. The molecule has 0 aliphatic carbocycles. The Morgan fingerprint density at radius 2 is 1.58 bits per heavy atom. The van der Waals surface area contributed by atoms with Crippen LogP contribution in [0.1, 0.15) is 27.2 Å². The second-order valence-corrected chi connectivity index (χ2v) is 6.94. The van der Waals surface area contributed by atoms with Gasteiger partial charge in [-0.2, -0.15) is 0 Å². The van der Waals surface area contributed by atoms with Crippen molar-refractivity contribution < 1.29 is 14.3 Å². The van der Waals surface area contributed by atoms with E-state index in [4.69, 9.17) is 9.47 Å². The standard InChI is InChI=1S/C21H24BrNO3/c1-4-15(2)23-21(24)14-5-16(3)25-18-10-12-20(13-11-18)26-19-8-6-17(22)7-9-19/h5-16H,4H2,1-3H3,(H,23,24). The highest BCUT2D eigenvalue weighted by Crippen LogP contribution is 2.25. The molecule has 1 amide bonds. The summed E-state index contributed by atoms with van der Waals surface area (Å²) in [6.07, 6.45) is 3.95. The van der Waals surface area contributed by atoms with Crippen LogP contribution in [0.3, 0.4) is 0 Å². The molecule has 0 aliphatic rings. The Morgan fingerprint density at radius 3 is 2.15 bits per heavy atom. The first-order chi connectivity index (χ1) is 12.5.